The third-order valence-corrected chi connectivity index (χ3v) is 22.9. The Kier molecular flexibility index (Phi) is 12.6. The lowest BCUT2D eigenvalue weighted by Crippen LogP contribution is -2.26. The summed E-state index contributed by atoms with van der Waals surface area (Å²) >= 11 is 0. The van der Waals surface area contributed by atoms with Gasteiger partial charge in [-0.2, -0.15) is 0 Å². The quantitative estimate of drug-likeness (QED) is 0.172. The minimum Gasteiger partial charge on any atom is -0.228 e. The predicted octanol–water partition coefficient (Wildman–Crippen LogP) is 24.9. The smallest absolute Gasteiger partial charge is 0.160 e. The lowest BCUT2D eigenvalue weighted by Gasteiger charge is -2.31. The zero-order valence-corrected chi connectivity index (χ0v) is 56.4. The van der Waals surface area contributed by atoms with Crippen LogP contribution in [0.25, 0.3) is 166 Å². The molecular formula is C100H60N4. The van der Waals surface area contributed by atoms with Gasteiger partial charge in [-0.15, -0.1) is 0 Å². The topological polar surface area (TPSA) is 51.6 Å². The summed E-state index contributed by atoms with van der Waals surface area (Å²) < 4.78 is 0. The van der Waals surface area contributed by atoms with Crippen LogP contribution in [0, 0.1) is 0 Å². The Morgan fingerprint density at radius 1 is 0.173 bits per heavy atom. The van der Waals surface area contributed by atoms with Crippen molar-refractivity contribution in [2.24, 2.45) is 0 Å². The molecule has 0 radical (unpaired) electrons. The second-order valence-electron chi connectivity index (χ2n) is 28.2. The van der Waals surface area contributed by atoms with Gasteiger partial charge in [-0.05, 0) is 192 Å². The fourth-order valence-electron chi connectivity index (χ4n) is 18.5. The summed E-state index contributed by atoms with van der Waals surface area (Å²) in [6.07, 6.45) is 0. The molecule has 4 aliphatic carbocycles. The summed E-state index contributed by atoms with van der Waals surface area (Å²) in [7, 11) is 0. The molecule has 0 amide bonds. The van der Waals surface area contributed by atoms with Gasteiger partial charge < -0.3 is 0 Å². The van der Waals surface area contributed by atoms with Gasteiger partial charge in [0.05, 0.1) is 33.3 Å². The van der Waals surface area contributed by atoms with Crippen molar-refractivity contribution in [3.05, 3.63) is 408 Å². The number of fused-ring (bicyclic) bond motifs is 28. The van der Waals surface area contributed by atoms with Crippen molar-refractivity contribution in [1.82, 2.24) is 19.9 Å². The minimum absolute atomic E-state index is 0.428. The van der Waals surface area contributed by atoms with Crippen molar-refractivity contribution in [2.45, 2.75) is 10.8 Å². The van der Waals surface area contributed by atoms with Crippen LogP contribution in [0.5, 0.6) is 0 Å². The van der Waals surface area contributed by atoms with Gasteiger partial charge in [-0.3, -0.25) is 0 Å². The van der Waals surface area contributed by atoms with E-state index < -0.39 is 10.8 Å². The fraction of sp³-hybridized carbons (Fsp3) is 0.0200. The lowest BCUT2D eigenvalue weighted by molar-refractivity contribution is 0.802. The Hall–Kier alpha value is -13.5. The molecule has 4 heteroatoms. The molecule has 0 aliphatic heterocycles. The Morgan fingerprint density at radius 2 is 0.500 bits per heavy atom. The van der Waals surface area contributed by atoms with E-state index in [2.05, 4.69) is 358 Å². The highest BCUT2D eigenvalue weighted by molar-refractivity contribution is 6.09. The van der Waals surface area contributed by atoms with Crippen LogP contribution in [0.4, 0.5) is 0 Å². The van der Waals surface area contributed by atoms with Gasteiger partial charge in [0, 0.05) is 33.0 Å². The molecule has 0 fully saturated rings. The third-order valence-electron chi connectivity index (χ3n) is 22.9. The SMILES string of the molecule is c1ccc(-c2ccc(-c3nc(-c4ccc5cc6c(cc5c4)C4(c5ccccc5-c5ccccc54)c4c-6ccc5ccccc45)nc4ccccc34)cc2)cc1.c1ccc(-c2nc(-c3ccc4cc5c(cc4c3)C3(c4ccccc4-c4ccccc43)c3c-5ccc4ccccc34)nc3ccccc23)cc1. The first kappa shape index (κ1) is 58.3. The first-order valence-electron chi connectivity index (χ1n) is 35.9. The van der Waals surface area contributed by atoms with Crippen LogP contribution < -0.4 is 0 Å². The Balaban J connectivity index is 0.000000132. The molecule has 0 bridgehead atoms. The number of nitrogens with zero attached hydrogens (tertiary/aromatic N) is 4. The number of aromatic nitrogens is 4. The van der Waals surface area contributed by atoms with Crippen molar-refractivity contribution in [3.63, 3.8) is 0 Å². The standard InChI is InChI=1S/C53H32N2.C47H28N2/c1-2-12-33(13-3-1)34-22-24-36(25-23-34)51-44-18-8-11-21-49(44)54-52(55-51)38-27-26-37-31-45-43-29-28-35-14-4-5-15-40(35)50(43)53(48(45)32-39(37)30-38)46-19-9-6-16-41(46)42-17-7-10-20-47(42)53;1-2-13-30(14-3-1)45-38-18-8-11-21-43(38)48-46(49-45)32-23-22-31-27-39-37-25-24-29-12-4-5-15-34(29)44(37)47(42(39)28-33(31)26-32)40-19-9-6-16-35(40)36-17-7-10-20-41(36)47/h1-32H;1-28H. The largest absolute Gasteiger partial charge is 0.228 e. The molecule has 4 aliphatic rings. The average Bonchev–Trinajstić information content (AvgIpc) is 1.51. The maximum Gasteiger partial charge on any atom is 0.160 e. The molecule has 0 atom stereocenters. The van der Waals surface area contributed by atoms with Crippen LogP contribution in [0.2, 0.25) is 0 Å². The van der Waals surface area contributed by atoms with Gasteiger partial charge in [0.1, 0.15) is 0 Å². The van der Waals surface area contributed by atoms with E-state index in [1.165, 1.54) is 143 Å². The molecule has 0 saturated heterocycles. The lowest BCUT2D eigenvalue weighted by atomic mass is 9.69. The first-order valence-corrected chi connectivity index (χ1v) is 35.9. The summed E-state index contributed by atoms with van der Waals surface area (Å²) in [4.78, 5) is 20.8. The van der Waals surface area contributed by atoms with E-state index in [4.69, 9.17) is 19.9 Å². The molecule has 480 valence electrons. The second kappa shape index (κ2) is 22.5. The Morgan fingerprint density at radius 3 is 0.942 bits per heavy atom. The van der Waals surface area contributed by atoms with Gasteiger partial charge in [-0.25, -0.2) is 19.9 Å². The Labute approximate surface area is 601 Å². The molecular weight excluding hydrogens is 1260 g/mol. The molecule has 0 unspecified atom stereocenters. The van der Waals surface area contributed by atoms with Gasteiger partial charge in [0.15, 0.2) is 11.6 Å². The van der Waals surface area contributed by atoms with Crippen LogP contribution in [-0.2, 0) is 10.8 Å². The van der Waals surface area contributed by atoms with E-state index >= 15 is 0 Å². The summed E-state index contributed by atoms with van der Waals surface area (Å²) in [5.41, 5.74) is 30.8. The summed E-state index contributed by atoms with van der Waals surface area (Å²) in [5.74, 6) is 1.46. The molecule has 2 aromatic heterocycles. The van der Waals surface area contributed by atoms with Gasteiger partial charge in [0.2, 0.25) is 0 Å². The van der Waals surface area contributed by atoms with E-state index in [-0.39, 0.29) is 0 Å². The number of hydrogen-bond acceptors (Lipinski definition) is 4. The number of hydrogen-bond donors (Lipinski definition) is 0. The number of para-hydroxylation sites is 2. The van der Waals surface area contributed by atoms with Crippen molar-refractivity contribution in [2.75, 3.05) is 0 Å². The van der Waals surface area contributed by atoms with E-state index in [1.807, 2.05) is 6.07 Å². The highest BCUT2D eigenvalue weighted by Gasteiger charge is 2.54. The highest BCUT2D eigenvalue weighted by Crippen LogP contribution is 2.66. The monoisotopic (exact) mass is 1320 g/mol. The van der Waals surface area contributed by atoms with Crippen molar-refractivity contribution < 1.29 is 0 Å². The van der Waals surface area contributed by atoms with Gasteiger partial charge in [0.25, 0.3) is 0 Å². The molecule has 19 aromatic rings. The Bertz CT molecular complexity index is 6760. The fourth-order valence-corrected chi connectivity index (χ4v) is 18.5. The van der Waals surface area contributed by atoms with Crippen LogP contribution in [-0.4, -0.2) is 19.9 Å². The van der Waals surface area contributed by atoms with Crippen molar-refractivity contribution in [1.29, 1.82) is 0 Å². The average molecular weight is 1320 g/mol. The normalized spacial score (nSPS) is 13.3. The van der Waals surface area contributed by atoms with E-state index in [1.54, 1.807) is 0 Å². The molecule has 0 saturated carbocycles. The first-order chi connectivity index (χ1) is 51.5. The van der Waals surface area contributed by atoms with Gasteiger partial charge >= 0.3 is 0 Å². The van der Waals surface area contributed by atoms with Crippen LogP contribution >= 0.6 is 0 Å². The van der Waals surface area contributed by atoms with Crippen molar-refractivity contribution in [3.8, 4) is 101 Å². The molecule has 0 N–H and O–H groups in total. The molecule has 17 aromatic carbocycles. The predicted molar refractivity (Wildman–Crippen MR) is 429 cm³/mol. The summed E-state index contributed by atoms with van der Waals surface area (Å²) in [6.45, 7) is 0. The van der Waals surface area contributed by atoms with E-state index in [0.29, 0.717) is 0 Å². The number of rotatable bonds is 5. The summed E-state index contributed by atoms with van der Waals surface area (Å²) in [6, 6.07) is 133. The molecule has 4 nitrogen and oxygen atoms in total. The molecule has 104 heavy (non-hydrogen) atoms. The zero-order valence-electron chi connectivity index (χ0n) is 56.4. The van der Waals surface area contributed by atoms with E-state index in [9.17, 15) is 0 Å². The van der Waals surface area contributed by atoms with Gasteiger partial charge in [-0.1, -0.05) is 315 Å². The highest BCUT2D eigenvalue weighted by atomic mass is 14.9. The number of benzene rings is 17. The zero-order chi connectivity index (χ0) is 68.2. The van der Waals surface area contributed by atoms with Crippen LogP contribution in [0.1, 0.15) is 44.5 Å². The van der Waals surface area contributed by atoms with Crippen molar-refractivity contribution >= 4 is 64.9 Å². The van der Waals surface area contributed by atoms with Crippen LogP contribution in [0.15, 0.2) is 364 Å². The minimum atomic E-state index is -0.443. The molecule has 2 heterocycles. The maximum absolute atomic E-state index is 5.31. The molecule has 23 rings (SSSR count). The van der Waals surface area contributed by atoms with E-state index in [0.717, 1.165) is 67.1 Å². The summed E-state index contributed by atoms with van der Waals surface area (Å²) in [5, 5.41) is 12.0. The molecule has 2 spiro atoms. The third kappa shape index (κ3) is 8.36. The maximum atomic E-state index is 5.31. The van der Waals surface area contributed by atoms with Crippen LogP contribution in [0.3, 0.4) is 0 Å². The second-order valence-corrected chi connectivity index (χ2v) is 28.2.